The van der Waals surface area contributed by atoms with Gasteiger partial charge < -0.3 is 14.2 Å². The summed E-state index contributed by atoms with van der Waals surface area (Å²) in [6.45, 7) is 14.3. The van der Waals surface area contributed by atoms with Crippen molar-refractivity contribution >= 4 is 11.9 Å². The number of ether oxygens (including phenoxy) is 3. The standard InChI is InChI=1S/C23H36O5/c1-13(17-9-8-12-22(17,4)5)18-11-10-16-19(23(18,6)7)21(27-15(3)25)28-20(16)26-14(2)24/h16,18-21H,8-12H2,1-7H3/b17-13-/t16-,18+,19+,20-,21+/m1/s1. The average Bonchev–Trinajstić information content (AvgIpc) is 3.06. The lowest BCUT2D eigenvalue weighted by Gasteiger charge is -2.48. The number of hydrogen-bond acceptors (Lipinski definition) is 5. The molecule has 1 saturated heterocycles. The third-order valence-electron chi connectivity index (χ3n) is 7.53. The molecule has 0 bridgehead atoms. The second-order valence-electron chi connectivity index (χ2n) is 10.1. The highest BCUT2D eigenvalue weighted by atomic mass is 16.8. The largest absolute Gasteiger partial charge is 0.435 e. The number of carbonyl (C=O) groups is 2. The van der Waals surface area contributed by atoms with Gasteiger partial charge in [-0.25, -0.2) is 0 Å². The van der Waals surface area contributed by atoms with Gasteiger partial charge in [-0.15, -0.1) is 0 Å². The van der Waals surface area contributed by atoms with E-state index >= 15 is 0 Å². The zero-order valence-electron chi connectivity index (χ0n) is 18.5. The smallest absolute Gasteiger partial charge is 0.304 e. The molecule has 0 unspecified atom stereocenters. The lowest BCUT2D eigenvalue weighted by Crippen LogP contribution is -2.46. The van der Waals surface area contributed by atoms with Crippen LogP contribution in [-0.4, -0.2) is 24.5 Å². The molecule has 0 spiro atoms. The van der Waals surface area contributed by atoms with Crippen LogP contribution in [-0.2, 0) is 23.8 Å². The summed E-state index contributed by atoms with van der Waals surface area (Å²) in [5.74, 6) is -0.275. The molecule has 3 aliphatic rings. The lowest BCUT2D eigenvalue weighted by molar-refractivity contribution is -0.217. The summed E-state index contributed by atoms with van der Waals surface area (Å²) in [6.07, 6.45) is 4.31. The fourth-order valence-electron chi connectivity index (χ4n) is 6.33. The molecule has 2 saturated carbocycles. The number of carbonyl (C=O) groups excluding carboxylic acids is 2. The number of esters is 2. The Morgan fingerprint density at radius 1 is 0.964 bits per heavy atom. The van der Waals surface area contributed by atoms with Gasteiger partial charge in [-0.2, -0.15) is 0 Å². The lowest BCUT2D eigenvalue weighted by atomic mass is 9.56. The molecule has 0 aromatic heterocycles. The minimum absolute atomic E-state index is 0.000402. The van der Waals surface area contributed by atoms with Gasteiger partial charge in [0.15, 0.2) is 0 Å². The van der Waals surface area contributed by atoms with E-state index in [1.807, 2.05) is 0 Å². The molecule has 3 rings (SSSR count). The first-order valence-corrected chi connectivity index (χ1v) is 10.6. The van der Waals surface area contributed by atoms with Crippen LogP contribution in [0.3, 0.4) is 0 Å². The summed E-state index contributed by atoms with van der Waals surface area (Å²) in [4.78, 5) is 23.3. The molecule has 5 heteroatoms. The highest BCUT2D eigenvalue weighted by Crippen LogP contribution is 2.58. The van der Waals surface area contributed by atoms with Crippen molar-refractivity contribution in [2.75, 3.05) is 0 Å². The van der Waals surface area contributed by atoms with Gasteiger partial charge in [-0.1, -0.05) is 38.8 Å². The Morgan fingerprint density at radius 2 is 1.57 bits per heavy atom. The van der Waals surface area contributed by atoms with E-state index < -0.39 is 12.6 Å². The summed E-state index contributed by atoms with van der Waals surface area (Å²) in [5.41, 5.74) is 3.24. The molecular weight excluding hydrogens is 356 g/mol. The zero-order valence-corrected chi connectivity index (χ0v) is 18.5. The van der Waals surface area contributed by atoms with Gasteiger partial charge in [0, 0.05) is 25.7 Å². The molecule has 2 aliphatic carbocycles. The quantitative estimate of drug-likeness (QED) is 0.500. The molecule has 5 nitrogen and oxygen atoms in total. The first-order valence-electron chi connectivity index (χ1n) is 10.6. The van der Waals surface area contributed by atoms with E-state index in [-0.39, 0.29) is 34.6 Å². The summed E-state index contributed by atoms with van der Waals surface area (Å²) in [5, 5.41) is 0. The molecular formula is C23H36O5. The number of allylic oxidation sites excluding steroid dienone is 2. The molecule has 5 atom stereocenters. The van der Waals surface area contributed by atoms with Gasteiger partial charge in [0.05, 0.1) is 0 Å². The van der Waals surface area contributed by atoms with Crippen molar-refractivity contribution in [2.45, 2.75) is 93.2 Å². The minimum atomic E-state index is -0.668. The van der Waals surface area contributed by atoms with Gasteiger partial charge in [0.25, 0.3) is 0 Å². The Labute approximate surface area is 169 Å². The van der Waals surface area contributed by atoms with Crippen LogP contribution in [0.5, 0.6) is 0 Å². The highest BCUT2D eigenvalue weighted by molar-refractivity contribution is 5.66. The first-order chi connectivity index (χ1) is 12.9. The fraction of sp³-hybridized carbons (Fsp3) is 0.826. The van der Waals surface area contributed by atoms with Gasteiger partial charge in [-0.3, -0.25) is 9.59 Å². The van der Waals surface area contributed by atoms with Crippen molar-refractivity contribution in [1.82, 2.24) is 0 Å². The third kappa shape index (κ3) is 3.74. The average molecular weight is 393 g/mol. The van der Waals surface area contributed by atoms with E-state index in [4.69, 9.17) is 14.2 Å². The predicted octanol–water partition coefficient (Wildman–Crippen LogP) is 4.99. The number of hydrogen-bond donors (Lipinski definition) is 0. The Hall–Kier alpha value is -1.36. The molecule has 0 radical (unpaired) electrons. The van der Waals surface area contributed by atoms with Crippen molar-refractivity contribution in [1.29, 1.82) is 0 Å². The molecule has 0 aromatic rings. The third-order valence-corrected chi connectivity index (χ3v) is 7.53. The van der Waals surface area contributed by atoms with Crippen LogP contribution in [0, 0.1) is 28.6 Å². The van der Waals surface area contributed by atoms with Crippen LogP contribution >= 0.6 is 0 Å². The maximum Gasteiger partial charge on any atom is 0.304 e. The first kappa shape index (κ1) is 21.4. The van der Waals surface area contributed by atoms with Crippen LogP contribution < -0.4 is 0 Å². The van der Waals surface area contributed by atoms with Gasteiger partial charge >= 0.3 is 11.9 Å². The van der Waals surface area contributed by atoms with Gasteiger partial charge in [0.2, 0.25) is 12.6 Å². The minimum Gasteiger partial charge on any atom is -0.435 e. The van der Waals surface area contributed by atoms with Crippen LogP contribution in [0.2, 0.25) is 0 Å². The summed E-state index contributed by atoms with van der Waals surface area (Å²) < 4.78 is 17.0. The molecule has 1 aliphatic heterocycles. The molecule has 3 fully saturated rings. The van der Waals surface area contributed by atoms with Crippen molar-refractivity contribution in [3.63, 3.8) is 0 Å². The molecule has 0 N–H and O–H groups in total. The summed E-state index contributed by atoms with van der Waals surface area (Å²) in [7, 11) is 0. The van der Waals surface area contributed by atoms with Crippen LogP contribution in [0.4, 0.5) is 0 Å². The van der Waals surface area contributed by atoms with Gasteiger partial charge in [0.1, 0.15) is 0 Å². The second kappa shape index (κ2) is 7.47. The van der Waals surface area contributed by atoms with E-state index in [9.17, 15) is 9.59 Å². The molecule has 158 valence electrons. The predicted molar refractivity (Wildman–Crippen MR) is 106 cm³/mol. The van der Waals surface area contributed by atoms with E-state index in [1.54, 1.807) is 5.57 Å². The van der Waals surface area contributed by atoms with E-state index in [0.717, 1.165) is 12.8 Å². The SMILES string of the molecule is CC(=O)O[C@@H]1O[C@H](OC(C)=O)[C@@H]2[C@H]1CC[C@@H](/C(C)=C1/CCCC1(C)C)C2(C)C. The Bertz CT molecular complexity index is 674. The van der Waals surface area contributed by atoms with E-state index in [2.05, 4.69) is 34.6 Å². The molecule has 1 heterocycles. The Balaban J connectivity index is 1.94. The van der Waals surface area contributed by atoms with Crippen molar-refractivity contribution in [2.24, 2.45) is 28.6 Å². The maximum atomic E-state index is 11.7. The van der Waals surface area contributed by atoms with Crippen molar-refractivity contribution < 1.29 is 23.8 Å². The second-order valence-corrected chi connectivity index (χ2v) is 10.1. The summed E-state index contributed by atoms with van der Waals surface area (Å²) >= 11 is 0. The van der Waals surface area contributed by atoms with Crippen LogP contribution in [0.15, 0.2) is 11.1 Å². The normalized spacial score (nSPS) is 37.9. The zero-order chi connectivity index (χ0) is 20.9. The van der Waals surface area contributed by atoms with Crippen molar-refractivity contribution in [3.8, 4) is 0 Å². The highest BCUT2D eigenvalue weighted by Gasteiger charge is 2.59. The molecule has 0 amide bonds. The molecule has 28 heavy (non-hydrogen) atoms. The maximum absolute atomic E-state index is 11.7. The molecule has 0 aromatic carbocycles. The summed E-state index contributed by atoms with van der Waals surface area (Å²) in [6, 6.07) is 0. The topological polar surface area (TPSA) is 61.8 Å². The van der Waals surface area contributed by atoms with Crippen LogP contribution in [0.1, 0.15) is 80.6 Å². The van der Waals surface area contributed by atoms with Crippen molar-refractivity contribution in [3.05, 3.63) is 11.1 Å². The Kier molecular flexibility index (Phi) is 5.70. The van der Waals surface area contributed by atoms with Crippen LogP contribution in [0.25, 0.3) is 0 Å². The number of rotatable bonds is 3. The van der Waals surface area contributed by atoms with E-state index in [0.29, 0.717) is 5.92 Å². The Morgan fingerprint density at radius 3 is 2.11 bits per heavy atom. The fourth-order valence-corrected chi connectivity index (χ4v) is 6.33. The van der Waals surface area contributed by atoms with E-state index in [1.165, 1.54) is 38.7 Å². The van der Waals surface area contributed by atoms with Gasteiger partial charge in [-0.05, 0) is 55.8 Å². The number of fused-ring (bicyclic) bond motifs is 1. The monoisotopic (exact) mass is 392 g/mol.